The Balaban J connectivity index is 2.19. The van der Waals surface area contributed by atoms with Gasteiger partial charge in [0.25, 0.3) is 5.91 Å². The van der Waals surface area contributed by atoms with Gasteiger partial charge < -0.3 is 5.73 Å². The van der Waals surface area contributed by atoms with Crippen molar-refractivity contribution in [3.63, 3.8) is 0 Å². The Hall–Kier alpha value is -2.17. The topological polar surface area (TPSA) is 85.8 Å². The lowest BCUT2D eigenvalue weighted by molar-refractivity contribution is 0.102. The van der Waals surface area contributed by atoms with Crippen LogP contribution in [-0.2, 0) is 7.05 Å². The van der Waals surface area contributed by atoms with Gasteiger partial charge in [0.2, 0.25) is 5.95 Å². The number of hydrogen-bond acceptors (Lipinski definition) is 5. The Morgan fingerprint density at radius 2 is 2.50 bits per heavy atom. The van der Waals surface area contributed by atoms with E-state index in [2.05, 4.69) is 27.2 Å². The second-order valence-corrected chi connectivity index (χ2v) is 4.25. The number of amides is 1. The number of nitrogens with two attached hydrogens (primary N) is 1. The molecule has 2 aromatic heterocycles. The van der Waals surface area contributed by atoms with Crippen LogP contribution in [0.2, 0.25) is 0 Å². The molecular weight excluding hydrogens is 250 g/mol. The molecule has 0 radical (unpaired) electrons. The second-order valence-electron chi connectivity index (χ2n) is 3.33. The summed E-state index contributed by atoms with van der Waals surface area (Å²) in [5.41, 5.74) is 5.98. The van der Waals surface area contributed by atoms with E-state index in [4.69, 9.17) is 5.73 Å². The molecule has 0 aromatic carbocycles. The second kappa shape index (κ2) is 5.44. The van der Waals surface area contributed by atoms with Crippen molar-refractivity contribution in [1.29, 1.82) is 0 Å². The van der Waals surface area contributed by atoms with Crippen molar-refractivity contribution in [2.45, 2.75) is 0 Å². The number of thiophene rings is 1. The number of aromatic nitrogens is 3. The van der Waals surface area contributed by atoms with E-state index in [9.17, 15) is 4.79 Å². The minimum absolute atomic E-state index is 0.248. The highest BCUT2D eigenvalue weighted by atomic mass is 32.1. The number of anilines is 1. The molecule has 0 saturated carbocycles. The van der Waals surface area contributed by atoms with Crippen LogP contribution in [-0.4, -0.2) is 27.2 Å². The molecule has 18 heavy (non-hydrogen) atoms. The Morgan fingerprint density at radius 3 is 3.17 bits per heavy atom. The molecule has 0 spiro atoms. The van der Waals surface area contributed by atoms with Crippen molar-refractivity contribution < 1.29 is 4.79 Å². The highest BCUT2D eigenvalue weighted by Gasteiger charge is 2.14. The fourth-order valence-corrected chi connectivity index (χ4v) is 2.04. The fourth-order valence-electron chi connectivity index (χ4n) is 1.30. The number of carbonyl (C=O) groups is 1. The predicted molar refractivity (Wildman–Crippen MR) is 69.2 cm³/mol. The monoisotopic (exact) mass is 261 g/mol. The maximum absolute atomic E-state index is 12.0. The summed E-state index contributed by atoms with van der Waals surface area (Å²) in [6.07, 6.45) is 1.37. The zero-order chi connectivity index (χ0) is 13.0. The molecular formula is C11H11N5OS. The first-order valence-electron chi connectivity index (χ1n) is 5.14. The molecule has 92 valence electrons. The van der Waals surface area contributed by atoms with E-state index in [0.717, 1.165) is 0 Å². The van der Waals surface area contributed by atoms with Gasteiger partial charge in [0.15, 0.2) is 0 Å². The van der Waals surface area contributed by atoms with Crippen LogP contribution in [0.15, 0.2) is 17.8 Å². The van der Waals surface area contributed by atoms with Crippen LogP contribution in [0.4, 0.5) is 5.95 Å². The predicted octanol–water partition coefficient (Wildman–Crippen LogP) is 0.439. The summed E-state index contributed by atoms with van der Waals surface area (Å²) < 4.78 is 1.48. The van der Waals surface area contributed by atoms with Crippen LogP contribution in [0.5, 0.6) is 0 Å². The van der Waals surface area contributed by atoms with Crippen LogP contribution in [0.3, 0.4) is 0 Å². The highest BCUT2D eigenvalue weighted by Crippen LogP contribution is 2.17. The number of hydrogen-bond donors (Lipinski definition) is 2. The lowest BCUT2D eigenvalue weighted by atomic mass is 10.2. The summed E-state index contributed by atoms with van der Waals surface area (Å²) >= 11 is 1.32. The first kappa shape index (κ1) is 12.3. The van der Waals surface area contributed by atoms with Gasteiger partial charge in [-0.3, -0.25) is 10.1 Å². The molecule has 2 aromatic rings. The third kappa shape index (κ3) is 2.56. The van der Waals surface area contributed by atoms with Crippen molar-refractivity contribution >= 4 is 23.2 Å². The van der Waals surface area contributed by atoms with Crippen LogP contribution < -0.4 is 11.1 Å². The van der Waals surface area contributed by atoms with E-state index < -0.39 is 0 Å². The third-order valence-corrected chi connectivity index (χ3v) is 3.05. The molecule has 1 amide bonds. The summed E-state index contributed by atoms with van der Waals surface area (Å²) in [4.78, 5) is 16.5. The van der Waals surface area contributed by atoms with E-state index >= 15 is 0 Å². The average molecular weight is 261 g/mol. The number of aryl methyl sites for hydroxylation is 1. The van der Waals surface area contributed by atoms with Gasteiger partial charge in [0, 0.05) is 12.6 Å². The Kier molecular flexibility index (Phi) is 3.72. The lowest BCUT2D eigenvalue weighted by Gasteiger charge is -2.02. The quantitative estimate of drug-likeness (QED) is 0.768. The molecule has 0 fully saturated rings. The largest absolute Gasteiger partial charge is 0.320 e. The molecule has 0 aliphatic rings. The lowest BCUT2D eigenvalue weighted by Crippen LogP contribution is -2.15. The first-order chi connectivity index (χ1) is 8.72. The SMILES string of the molecule is Cn1ncnc1NC(=O)c1sccc1C#CCN. The zero-order valence-corrected chi connectivity index (χ0v) is 10.5. The summed E-state index contributed by atoms with van der Waals surface area (Å²) in [7, 11) is 1.70. The Bertz CT molecular complexity index is 619. The van der Waals surface area contributed by atoms with Gasteiger partial charge in [0.05, 0.1) is 6.54 Å². The van der Waals surface area contributed by atoms with E-state index in [1.54, 1.807) is 13.1 Å². The van der Waals surface area contributed by atoms with Crippen molar-refractivity contribution in [2.24, 2.45) is 12.8 Å². The van der Waals surface area contributed by atoms with E-state index in [-0.39, 0.29) is 12.5 Å². The minimum Gasteiger partial charge on any atom is -0.320 e. The number of carbonyl (C=O) groups excluding carboxylic acids is 1. The number of rotatable bonds is 2. The molecule has 0 aliphatic heterocycles. The summed E-state index contributed by atoms with van der Waals surface area (Å²) in [6.45, 7) is 0.264. The van der Waals surface area contributed by atoms with Gasteiger partial charge in [0.1, 0.15) is 11.2 Å². The maximum Gasteiger partial charge on any atom is 0.269 e. The third-order valence-electron chi connectivity index (χ3n) is 2.13. The zero-order valence-electron chi connectivity index (χ0n) is 9.67. The van der Waals surface area contributed by atoms with Gasteiger partial charge in [-0.15, -0.1) is 11.3 Å². The van der Waals surface area contributed by atoms with Crippen LogP contribution in [0.25, 0.3) is 0 Å². The molecule has 2 rings (SSSR count). The molecule has 7 heteroatoms. The molecule has 0 saturated heterocycles. The summed E-state index contributed by atoms with van der Waals surface area (Å²) in [5, 5.41) is 8.36. The van der Waals surface area contributed by atoms with Crippen molar-refractivity contribution in [3.8, 4) is 11.8 Å². The van der Waals surface area contributed by atoms with Crippen LogP contribution in [0.1, 0.15) is 15.2 Å². The van der Waals surface area contributed by atoms with E-state index in [1.807, 2.05) is 5.38 Å². The van der Waals surface area contributed by atoms with Gasteiger partial charge in [-0.1, -0.05) is 11.8 Å². The molecule has 0 aliphatic carbocycles. The molecule has 0 bridgehead atoms. The van der Waals surface area contributed by atoms with Crippen molar-refractivity contribution in [1.82, 2.24) is 14.8 Å². The Morgan fingerprint density at radius 1 is 1.67 bits per heavy atom. The molecule has 0 atom stereocenters. The van der Waals surface area contributed by atoms with Gasteiger partial charge in [-0.05, 0) is 11.4 Å². The van der Waals surface area contributed by atoms with Crippen molar-refractivity contribution in [3.05, 3.63) is 28.2 Å². The van der Waals surface area contributed by atoms with Crippen LogP contribution >= 0.6 is 11.3 Å². The standard InChI is InChI=1S/C11H11N5OS/c1-16-11(13-7-14-16)15-10(17)9-8(3-2-5-12)4-6-18-9/h4,6-7H,5,12H2,1H3,(H,13,14,15,17). The van der Waals surface area contributed by atoms with Gasteiger partial charge in [-0.25, -0.2) is 4.68 Å². The highest BCUT2D eigenvalue weighted by molar-refractivity contribution is 7.12. The normalized spacial score (nSPS) is 9.67. The maximum atomic E-state index is 12.0. The van der Waals surface area contributed by atoms with Gasteiger partial charge >= 0.3 is 0 Å². The fraction of sp³-hybridized carbons (Fsp3) is 0.182. The Labute approximate surface area is 108 Å². The van der Waals surface area contributed by atoms with Crippen LogP contribution in [0, 0.1) is 11.8 Å². The summed E-state index contributed by atoms with van der Waals surface area (Å²) in [6, 6.07) is 1.79. The molecule has 2 heterocycles. The first-order valence-corrected chi connectivity index (χ1v) is 6.02. The van der Waals surface area contributed by atoms with Gasteiger partial charge in [-0.2, -0.15) is 10.1 Å². The molecule has 0 unspecified atom stereocenters. The summed E-state index contributed by atoms with van der Waals surface area (Å²) in [5.74, 6) is 5.73. The average Bonchev–Trinajstić information content (AvgIpc) is 2.96. The van der Waals surface area contributed by atoms with E-state index in [1.165, 1.54) is 22.3 Å². The molecule has 6 nitrogen and oxygen atoms in total. The van der Waals surface area contributed by atoms with Crippen molar-refractivity contribution in [2.75, 3.05) is 11.9 Å². The molecule has 3 N–H and O–H groups in total. The number of nitrogens with one attached hydrogen (secondary N) is 1. The smallest absolute Gasteiger partial charge is 0.269 e. The van der Waals surface area contributed by atoms with E-state index in [0.29, 0.717) is 16.4 Å². The number of nitrogens with zero attached hydrogens (tertiary/aromatic N) is 3. The minimum atomic E-state index is -0.248.